The Bertz CT molecular complexity index is 401. The summed E-state index contributed by atoms with van der Waals surface area (Å²) < 4.78 is 0. The van der Waals surface area contributed by atoms with Crippen molar-refractivity contribution in [3.05, 3.63) is 24.3 Å². The molecule has 0 aliphatic heterocycles. The van der Waals surface area contributed by atoms with Gasteiger partial charge < -0.3 is 10.0 Å². The number of thioether (sulfide) groups is 1. The monoisotopic (exact) mass is 267 g/mol. The first-order valence-electron chi connectivity index (χ1n) is 6.05. The Labute approximate surface area is 113 Å². The largest absolute Gasteiger partial charge is 0.481 e. The van der Waals surface area contributed by atoms with Crippen LogP contribution in [0.1, 0.15) is 27.2 Å². The van der Waals surface area contributed by atoms with Gasteiger partial charge in [0.05, 0.1) is 6.42 Å². The van der Waals surface area contributed by atoms with Gasteiger partial charge in [0.2, 0.25) is 0 Å². The zero-order valence-corrected chi connectivity index (χ0v) is 12.3. The first-order valence-corrected chi connectivity index (χ1v) is 7.04. The highest BCUT2D eigenvalue weighted by molar-refractivity contribution is 7.99. The molecule has 1 rings (SSSR count). The van der Waals surface area contributed by atoms with Crippen molar-refractivity contribution in [2.24, 2.45) is 0 Å². The molecule has 0 aliphatic rings. The molecule has 0 unspecified atom stereocenters. The molecule has 18 heavy (non-hydrogen) atoms. The molecule has 1 aromatic rings. The van der Waals surface area contributed by atoms with E-state index in [-0.39, 0.29) is 6.42 Å². The minimum absolute atomic E-state index is 0.120. The highest BCUT2D eigenvalue weighted by Crippen LogP contribution is 2.27. The molecule has 0 saturated heterocycles. The highest BCUT2D eigenvalue weighted by atomic mass is 32.2. The van der Waals surface area contributed by atoms with E-state index in [0.717, 1.165) is 11.4 Å². The summed E-state index contributed by atoms with van der Waals surface area (Å²) in [5.74, 6) is 0.282. The van der Waals surface area contributed by atoms with Gasteiger partial charge in [-0.25, -0.2) is 0 Å². The Kier molecular flexibility index (Phi) is 5.08. The minimum atomic E-state index is -0.773. The molecule has 0 saturated carbocycles. The summed E-state index contributed by atoms with van der Waals surface area (Å²) in [6, 6.07) is 8.25. The van der Waals surface area contributed by atoms with Crippen molar-refractivity contribution in [2.75, 3.05) is 17.7 Å². The fourth-order valence-corrected chi connectivity index (χ4v) is 2.43. The lowest BCUT2D eigenvalue weighted by Gasteiger charge is -2.36. The predicted octanol–water partition coefficient (Wildman–Crippen LogP) is 3.49. The number of carbonyl (C=O) groups is 1. The molecule has 0 heterocycles. The average molecular weight is 267 g/mol. The molecule has 0 fully saturated rings. The molecule has 0 aliphatic carbocycles. The van der Waals surface area contributed by atoms with Gasteiger partial charge in [-0.05, 0) is 43.9 Å². The Morgan fingerprint density at radius 2 is 1.89 bits per heavy atom. The van der Waals surface area contributed by atoms with Gasteiger partial charge in [-0.3, -0.25) is 4.79 Å². The normalized spacial score (nSPS) is 11.3. The van der Waals surface area contributed by atoms with Gasteiger partial charge in [0.15, 0.2) is 0 Å². The van der Waals surface area contributed by atoms with E-state index < -0.39 is 11.5 Å². The molecular weight excluding hydrogens is 246 g/mol. The molecule has 0 amide bonds. The van der Waals surface area contributed by atoms with Crippen molar-refractivity contribution in [1.29, 1.82) is 0 Å². The topological polar surface area (TPSA) is 40.5 Å². The second kappa shape index (κ2) is 6.14. The Hall–Kier alpha value is -1.16. The van der Waals surface area contributed by atoms with Crippen molar-refractivity contribution < 1.29 is 9.90 Å². The summed E-state index contributed by atoms with van der Waals surface area (Å²) in [4.78, 5) is 14.1. The SMILES string of the molecule is CCSc1ccc(N(C)C(C)(C)CC(=O)O)cc1. The number of carboxylic acids is 1. The van der Waals surface area contributed by atoms with Crippen molar-refractivity contribution in [3.63, 3.8) is 0 Å². The number of rotatable bonds is 6. The number of hydrogen-bond acceptors (Lipinski definition) is 3. The number of anilines is 1. The third-order valence-electron chi connectivity index (χ3n) is 3.03. The lowest BCUT2D eigenvalue weighted by atomic mass is 9.98. The summed E-state index contributed by atoms with van der Waals surface area (Å²) in [6.45, 7) is 6.01. The lowest BCUT2D eigenvalue weighted by Crippen LogP contribution is -2.43. The lowest BCUT2D eigenvalue weighted by molar-refractivity contribution is -0.138. The van der Waals surface area contributed by atoms with Gasteiger partial charge in [-0.2, -0.15) is 0 Å². The van der Waals surface area contributed by atoms with E-state index in [1.165, 1.54) is 4.90 Å². The Morgan fingerprint density at radius 1 is 1.33 bits per heavy atom. The predicted molar refractivity (Wildman–Crippen MR) is 77.6 cm³/mol. The smallest absolute Gasteiger partial charge is 0.305 e. The molecule has 0 radical (unpaired) electrons. The summed E-state index contributed by atoms with van der Waals surface area (Å²) in [7, 11) is 1.94. The van der Waals surface area contributed by atoms with Crippen LogP contribution in [0, 0.1) is 0 Å². The first-order chi connectivity index (χ1) is 8.36. The number of benzene rings is 1. The number of nitrogens with zero attached hydrogens (tertiary/aromatic N) is 1. The van der Waals surface area contributed by atoms with Crippen LogP contribution in [0.2, 0.25) is 0 Å². The van der Waals surface area contributed by atoms with Gasteiger partial charge in [-0.15, -0.1) is 11.8 Å². The summed E-state index contributed by atoms with van der Waals surface area (Å²) >= 11 is 1.80. The molecule has 1 N–H and O–H groups in total. The maximum Gasteiger partial charge on any atom is 0.305 e. The molecular formula is C14H21NO2S. The molecule has 100 valence electrons. The zero-order valence-electron chi connectivity index (χ0n) is 11.4. The van der Waals surface area contributed by atoms with Crippen LogP contribution in [0.3, 0.4) is 0 Å². The molecule has 0 bridgehead atoms. The van der Waals surface area contributed by atoms with Crippen LogP contribution in [0.25, 0.3) is 0 Å². The first kappa shape index (κ1) is 14.9. The minimum Gasteiger partial charge on any atom is -0.481 e. The summed E-state index contributed by atoms with van der Waals surface area (Å²) in [5.41, 5.74) is 0.646. The fraction of sp³-hybridized carbons (Fsp3) is 0.500. The third-order valence-corrected chi connectivity index (χ3v) is 3.92. The van der Waals surface area contributed by atoms with E-state index in [4.69, 9.17) is 5.11 Å². The van der Waals surface area contributed by atoms with Crippen LogP contribution in [0.15, 0.2) is 29.2 Å². The van der Waals surface area contributed by atoms with Crippen molar-refractivity contribution in [3.8, 4) is 0 Å². The van der Waals surface area contributed by atoms with Crippen LogP contribution >= 0.6 is 11.8 Å². The van der Waals surface area contributed by atoms with Crippen LogP contribution in [0.4, 0.5) is 5.69 Å². The van der Waals surface area contributed by atoms with Crippen LogP contribution < -0.4 is 4.90 Å². The second-order valence-corrected chi connectivity index (χ2v) is 6.21. The highest BCUT2D eigenvalue weighted by Gasteiger charge is 2.26. The van der Waals surface area contributed by atoms with Crippen molar-refractivity contribution in [1.82, 2.24) is 0 Å². The Balaban J connectivity index is 2.82. The van der Waals surface area contributed by atoms with Gasteiger partial charge in [0.1, 0.15) is 0 Å². The van der Waals surface area contributed by atoms with Crippen molar-refractivity contribution >= 4 is 23.4 Å². The van der Waals surface area contributed by atoms with Crippen molar-refractivity contribution in [2.45, 2.75) is 37.6 Å². The number of hydrogen-bond donors (Lipinski definition) is 1. The van der Waals surface area contributed by atoms with E-state index in [1.807, 2.05) is 37.9 Å². The van der Waals surface area contributed by atoms with E-state index in [1.54, 1.807) is 11.8 Å². The maximum absolute atomic E-state index is 10.9. The quantitative estimate of drug-likeness (QED) is 0.801. The fourth-order valence-electron chi connectivity index (χ4n) is 1.77. The zero-order chi connectivity index (χ0) is 13.8. The second-order valence-electron chi connectivity index (χ2n) is 4.87. The van der Waals surface area contributed by atoms with Crippen LogP contribution in [-0.2, 0) is 4.79 Å². The number of aliphatic carboxylic acids is 1. The molecule has 3 nitrogen and oxygen atoms in total. The molecule has 0 aromatic heterocycles. The van der Waals surface area contributed by atoms with Crippen LogP contribution in [-0.4, -0.2) is 29.4 Å². The van der Waals surface area contributed by atoms with E-state index >= 15 is 0 Å². The molecule has 0 spiro atoms. The summed E-state index contributed by atoms with van der Waals surface area (Å²) in [5, 5.41) is 8.93. The third kappa shape index (κ3) is 3.95. The van der Waals surface area contributed by atoms with Gasteiger partial charge >= 0.3 is 5.97 Å². The molecule has 4 heteroatoms. The van der Waals surface area contributed by atoms with Gasteiger partial charge in [-0.1, -0.05) is 6.92 Å². The van der Waals surface area contributed by atoms with E-state index in [9.17, 15) is 4.79 Å². The Morgan fingerprint density at radius 3 is 2.33 bits per heavy atom. The summed E-state index contributed by atoms with van der Waals surface area (Å²) in [6.07, 6.45) is 0.120. The standard InChI is InChI=1S/C14H21NO2S/c1-5-18-12-8-6-11(7-9-12)15(4)14(2,3)10-13(16)17/h6-9H,5,10H2,1-4H3,(H,16,17). The van der Waals surface area contributed by atoms with E-state index in [2.05, 4.69) is 19.1 Å². The maximum atomic E-state index is 10.9. The van der Waals surface area contributed by atoms with Gasteiger partial charge in [0.25, 0.3) is 0 Å². The molecule has 1 aromatic carbocycles. The number of carboxylic acid groups (broad SMARTS) is 1. The van der Waals surface area contributed by atoms with E-state index in [0.29, 0.717) is 0 Å². The average Bonchev–Trinajstić information content (AvgIpc) is 2.28. The van der Waals surface area contributed by atoms with Crippen LogP contribution in [0.5, 0.6) is 0 Å². The molecule has 0 atom stereocenters. The van der Waals surface area contributed by atoms with Gasteiger partial charge in [0, 0.05) is 23.2 Å².